The average molecular weight is 321 g/mol. The number of fused-ring (bicyclic) bond motifs is 1. The highest BCUT2D eigenvalue weighted by Gasteiger charge is 2.21. The molecular weight excluding hydrogens is 301 g/mol. The van der Waals surface area contributed by atoms with Gasteiger partial charge in [-0.25, -0.2) is 4.39 Å². The molecule has 122 valence electrons. The zero-order valence-corrected chi connectivity index (χ0v) is 13.5. The van der Waals surface area contributed by atoms with Crippen molar-refractivity contribution in [3.63, 3.8) is 0 Å². The maximum atomic E-state index is 13.6. The predicted octanol–water partition coefficient (Wildman–Crippen LogP) is 3.58. The van der Waals surface area contributed by atoms with Crippen molar-refractivity contribution in [1.82, 2.24) is 15.1 Å². The molecule has 24 heavy (non-hydrogen) atoms. The fraction of sp³-hybridized carbons (Fsp3) is 0.250. The van der Waals surface area contributed by atoms with E-state index < -0.39 is 0 Å². The monoisotopic (exact) mass is 321 g/mol. The van der Waals surface area contributed by atoms with Crippen LogP contribution in [0.2, 0.25) is 0 Å². The lowest BCUT2D eigenvalue weighted by Gasteiger charge is -2.15. The molecule has 0 saturated heterocycles. The molecule has 1 aliphatic heterocycles. The molecule has 0 radical (unpaired) electrons. The number of aromatic nitrogens is 2. The molecule has 0 atom stereocenters. The summed E-state index contributed by atoms with van der Waals surface area (Å²) < 4.78 is 15.7. The Morgan fingerprint density at radius 2 is 1.96 bits per heavy atom. The van der Waals surface area contributed by atoms with Gasteiger partial charge in [-0.05, 0) is 24.1 Å². The molecular formula is C20H20FN3. The lowest BCUT2D eigenvalue weighted by Crippen LogP contribution is -2.25. The summed E-state index contributed by atoms with van der Waals surface area (Å²) in [6.45, 7) is 2.61. The van der Waals surface area contributed by atoms with Gasteiger partial charge in [0.15, 0.2) is 0 Å². The Balaban J connectivity index is 1.67. The average Bonchev–Trinajstić information content (AvgIpc) is 3.00. The summed E-state index contributed by atoms with van der Waals surface area (Å²) in [6.07, 6.45) is 1.91. The van der Waals surface area contributed by atoms with Gasteiger partial charge in [0.1, 0.15) is 5.82 Å². The summed E-state index contributed by atoms with van der Waals surface area (Å²) in [5.74, 6) is -0.219. The van der Waals surface area contributed by atoms with Gasteiger partial charge >= 0.3 is 0 Å². The summed E-state index contributed by atoms with van der Waals surface area (Å²) in [4.78, 5) is 0. The Bertz CT molecular complexity index is 839. The second-order valence-corrected chi connectivity index (χ2v) is 6.17. The van der Waals surface area contributed by atoms with Crippen molar-refractivity contribution >= 4 is 0 Å². The van der Waals surface area contributed by atoms with E-state index >= 15 is 0 Å². The maximum absolute atomic E-state index is 13.6. The molecule has 0 fully saturated rings. The van der Waals surface area contributed by atoms with E-state index in [1.54, 1.807) is 12.1 Å². The van der Waals surface area contributed by atoms with E-state index in [1.807, 2.05) is 12.1 Å². The van der Waals surface area contributed by atoms with E-state index in [1.165, 1.54) is 22.9 Å². The first-order valence-electron chi connectivity index (χ1n) is 8.40. The lowest BCUT2D eigenvalue weighted by atomic mass is 10.0. The van der Waals surface area contributed by atoms with E-state index in [2.05, 4.69) is 34.3 Å². The van der Waals surface area contributed by atoms with Crippen LogP contribution in [0.15, 0.2) is 54.6 Å². The Morgan fingerprint density at radius 3 is 2.79 bits per heavy atom. The zero-order chi connectivity index (χ0) is 16.4. The number of rotatable bonds is 4. The molecule has 1 aromatic heterocycles. The number of hydrogen-bond donors (Lipinski definition) is 1. The van der Waals surface area contributed by atoms with E-state index in [0.717, 1.165) is 43.7 Å². The third-order valence-corrected chi connectivity index (χ3v) is 4.56. The first kappa shape index (κ1) is 15.1. The summed E-state index contributed by atoms with van der Waals surface area (Å²) in [7, 11) is 0. The number of nitrogens with one attached hydrogen (secondary N) is 1. The number of hydrogen-bond acceptors (Lipinski definition) is 2. The van der Waals surface area contributed by atoms with Crippen molar-refractivity contribution < 1.29 is 4.39 Å². The molecule has 1 aliphatic rings. The van der Waals surface area contributed by atoms with Gasteiger partial charge in [0.2, 0.25) is 0 Å². The molecule has 0 spiro atoms. The summed E-state index contributed by atoms with van der Waals surface area (Å²) in [6, 6.07) is 17.2. The normalized spacial score (nSPS) is 13.7. The maximum Gasteiger partial charge on any atom is 0.123 e. The van der Waals surface area contributed by atoms with Crippen LogP contribution < -0.4 is 5.32 Å². The molecule has 0 unspecified atom stereocenters. The van der Waals surface area contributed by atoms with E-state index in [-0.39, 0.29) is 5.82 Å². The fourth-order valence-electron chi connectivity index (χ4n) is 3.35. The second kappa shape index (κ2) is 6.57. The van der Waals surface area contributed by atoms with E-state index in [4.69, 9.17) is 5.10 Å². The van der Waals surface area contributed by atoms with E-state index in [0.29, 0.717) is 0 Å². The van der Waals surface area contributed by atoms with Crippen LogP contribution >= 0.6 is 0 Å². The molecule has 0 bridgehead atoms. The zero-order valence-electron chi connectivity index (χ0n) is 13.5. The Hall–Kier alpha value is -2.46. The predicted molar refractivity (Wildman–Crippen MR) is 93.2 cm³/mol. The smallest absolute Gasteiger partial charge is 0.123 e. The van der Waals surface area contributed by atoms with Gasteiger partial charge in [-0.1, -0.05) is 42.5 Å². The molecule has 3 nitrogen and oxygen atoms in total. The molecule has 2 aromatic carbocycles. The van der Waals surface area contributed by atoms with Crippen LogP contribution in [0, 0.1) is 5.82 Å². The van der Waals surface area contributed by atoms with Gasteiger partial charge in [-0.3, -0.25) is 4.68 Å². The molecule has 4 heteroatoms. The molecule has 4 rings (SSSR count). The quantitative estimate of drug-likeness (QED) is 0.796. The van der Waals surface area contributed by atoms with Crippen molar-refractivity contribution in [2.24, 2.45) is 0 Å². The standard InChI is InChI=1S/C20H20FN3/c21-17-8-4-7-16(13-17)20-18-14-22-11-9-19(18)24(23-20)12-10-15-5-2-1-3-6-15/h1-8,13,22H,9-12,14H2. The minimum atomic E-state index is -0.219. The summed E-state index contributed by atoms with van der Waals surface area (Å²) in [5.41, 5.74) is 5.56. The minimum absolute atomic E-state index is 0.219. The third kappa shape index (κ3) is 2.97. The van der Waals surface area contributed by atoms with Crippen LogP contribution in [0.5, 0.6) is 0 Å². The first-order valence-corrected chi connectivity index (χ1v) is 8.40. The Labute approximate surface area is 141 Å². The van der Waals surface area contributed by atoms with Crippen LogP contribution in [0.25, 0.3) is 11.3 Å². The topological polar surface area (TPSA) is 29.9 Å². The molecule has 0 aliphatic carbocycles. The highest BCUT2D eigenvalue weighted by molar-refractivity contribution is 5.64. The third-order valence-electron chi connectivity index (χ3n) is 4.56. The lowest BCUT2D eigenvalue weighted by molar-refractivity contribution is 0.551. The van der Waals surface area contributed by atoms with Gasteiger partial charge in [-0.15, -0.1) is 0 Å². The number of nitrogens with zero attached hydrogens (tertiary/aromatic N) is 2. The largest absolute Gasteiger partial charge is 0.312 e. The van der Waals surface area contributed by atoms with Crippen LogP contribution in [0.1, 0.15) is 16.8 Å². The minimum Gasteiger partial charge on any atom is -0.312 e. The van der Waals surface area contributed by atoms with Crippen LogP contribution in [-0.4, -0.2) is 16.3 Å². The van der Waals surface area contributed by atoms with Crippen LogP contribution in [0.4, 0.5) is 4.39 Å². The molecule has 1 N–H and O–H groups in total. The Kier molecular flexibility index (Phi) is 4.13. The van der Waals surface area contributed by atoms with Crippen LogP contribution in [-0.2, 0) is 25.9 Å². The molecule has 0 saturated carbocycles. The summed E-state index contributed by atoms with van der Waals surface area (Å²) >= 11 is 0. The Morgan fingerprint density at radius 1 is 1.08 bits per heavy atom. The number of aryl methyl sites for hydroxylation is 2. The number of halogens is 1. The van der Waals surface area contributed by atoms with Crippen molar-refractivity contribution in [2.75, 3.05) is 6.54 Å². The van der Waals surface area contributed by atoms with Crippen LogP contribution in [0.3, 0.4) is 0 Å². The summed E-state index contributed by atoms with van der Waals surface area (Å²) in [5, 5.41) is 8.23. The SMILES string of the molecule is Fc1cccc(-c2nn(CCc3ccccc3)c3c2CNCC3)c1. The van der Waals surface area contributed by atoms with Gasteiger partial charge in [0.25, 0.3) is 0 Å². The highest BCUT2D eigenvalue weighted by Crippen LogP contribution is 2.28. The van der Waals surface area contributed by atoms with Crippen molar-refractivity contribution in [1.29, 1.82) is 0 Å². The second-order valence-electron chi connectivity index (χ2n) is 6.17. The fourth-order valence-corrected chi connectivity index (χ4v) is 3.35. The van der Waals surface area contributed by atoms with E-state index in [9.17, 15) is 4.39 Å². The van der Waals surface area contributed by atoms with Gasteiger partial charge in [0, 0.05) is 42.9 Å². The molecule has 3 aromatic rings. The number of benzene rings is 2. The highest BCUT2D eigenvalue weighted by atomic mass is 19.1. The van der Waals surface area contributed by atoms with Gasteiger partial charge in [-0.2, -0.15) is 5.10 Å². The molecule has 0 amide bonds. The van der Waals surface area contributed by atoms with Crippen molar-refractivity contribution in [2.45, 2.75) is 25.9 Å². The van der Waals surface area contributed by atoms with Crippen molar-refractivity contribution in [3.05, 3.63) is 77.2 Å². The first-order chi connectivity index (χ1) is 11.8. The molecule has 2 heterocycles. The van der Waals surface area contributed by atoms with Gasteiger partial charge < -0.3 is 5.32 Å². The van der Waals surface area contributed by atoms with Gasteiger partial charge in [0.05, 0.1) is 5.69 Å². The van der Waals surface area contributed by atoms with Crippen molar-refractivity contribution in [3.8, 4) is 11.3 Å².